The Bertz CT molecular complexity index is 715. The van der Waals surface area contributed by atoms with Gasteiger partial charge in [0.1, 0.15) is 6.54 Å². The van der Waals surface area contributed by atoms with Gasteiger partial charge in [0, 0.05) is 16.1 Å². The van der Waals surface area contributed by atoms with E-state index in [1.165, 1.54) is 19.1 Å². The Hall–Kier alpha value is -1.45. The van der Waals surface area contributed by atoms with Crippen LogP contribution in [0.3, 0.4) is 0 Å². The summed E-state index contributed by atoms with van der Waals surface area (Å²) in [5.74, 6) is -1.72. The summed E-state index contributed by atoms with van der Waals surface area (Å²) in [7, 11) is -4.00. The minimum absolute atomic E-state index is 0.0911. The van der Waals surface area contributed by atoms with Crippen LogP contribution in [-0.2, 0) is 14.8 Å². The van der Waals surface area contributed by atoms with E-state index < -0.39 is 28.4 Å². The van der Waals surface area contributed by atoms with E-state index in [1.54, 1.807) is 13.8 Å². The number of carbonyl (C=O) groups is 2. The van der Waals surface area contributed by atoms with Crippen LogP contribution in [0.15, 0.2) is 21.5 Å². The molecule has 0 bridgehead atoms. The van der Waals surface area contributed by atoms with Gasteiger partial charge in [-0.05, 0) is 38.5 Å². The van der Waals surface area contributed by atoms with Crippen LogP contribution in [0.25, 0.3) is 0 Å². The first-order valence-electron chi connectivity index (χ1n) is 6.30. The van der Waals surface area contributed by atoms with E-state index in [0.717, 1.165) is 4.90 Å². The lowest BCUT2D eigenvalue weighted by atomic mass is 10.1. The molecule has 1 aromatic carbocycles. The molecule has 0 saturated heterocycles. The van der Waals surface area contributed by atoms with Crippen molar-refractivity contribution in [2.45, 2.75) is 31.7 Å². The van der Waals surface area contributed by atoms with Crippen molar-refractivity contribution in [3.63, 3.8) is 0 Å². The molecule has 7 nitrogen and oxygen atoms in total. The van der Waals surface area contributed by atoms with Crippen molar-refractivity contribution >= 4 is 37.8 Å². The van der Waals surface area contributed by atoms with E-state index in [2.05, 4.69) is 15.9 Å². The number of benzene rings is 1. The number of nitrogens with two attached hydrogens (primary N) is 1. The van der Waals surface area contributed by atoms with E-state index >= 15 is 0 Å². The molecule has 1 rings (SSSR count). The number of amides is 1. The summed E-state index contributed by atoms with van der Waals surface area (Å²) in [4.78, 5) is 24.5. The van der Waals surface area contributed by atoms with Gasteiger partial charge in [0.2, 0.25) is 10.0 Å². The van der Waals surface area contributed by atoms with Crippen LogP contribution in [0.1, 0.15) is 29.8 Å². The smallest absolute Gasteiger partial charge is 0.323 e. The molecule has 0 radical (unpaired) electrons. The summed E-state index contributed by atoms with van der Waals surface area (Å²) < 4.78 is 23.6. The maximum Gasteiger partial charge on any atom is 0.323 e. The average molecular weight is 393 g/mol. The average Bonchev–Trinajstić information content (AvgIpc) is 2.35. The molecule has 0 saturated carbocycles. The van der Waals surface area contributed by atoms with Crippen LogP contribution in [-0.4, -0.2) is 42.9 Å². The zero-order valence-electron chi connectivity index (χ0n) is 12.3. The molecule has 9 heteroatoms. The number of hydrogen-bond donors (Lipinski definition) is 2. The summed E-state index contributed by atoms with van der Waals surface area (Å²) in [6, 6.07) is 2.39. The highest BCUT2D eigenvalue weighted by atomic mass is 79.9. The highest BCUT2D eigenvalue weighted by Gasteiger charge is 2.26. The minimum atomic E-state index is -4.00. The second-order valence-electron chi connectivity index (χ2n) is 5.04. The Kier molecular flexibility index (Phi) is 5.71. The SMILES string of the molecule is Cc1c(C(=O)N(CC(=O)O)C(C)C)cc(Br)cc1S(N)(=O)=O. The lowest BCUT2D eigenvalue weighted by Gasteiger charge is -2.26. The molecule has 0 aliphatic carbocycles. The molecule has 0 atom stereocenters. The van der Waals surface area contributed by atoms with Gasteiger partial charge in [-0.25, -0.2) is 13.6 Å². The van der Waals surface area contributed by atoms with E-state index in [9.17, 15) is 18.0 Å². The van der Waals surface area contributed by atoms with Gasteiger partial charge in [0.25, 0.3) is 5.91 Å². The lowest BCUT2D eigenvalue weighted by molar-refractivity contribution is -0.138. The van der Waals surface area contributed by atoms with Gasteiger partial charge in [-0.1, -0.05) is 15.9 Å². The van der Waals surface area contributed by atoms with Gasteiger partial charge in [-0.15, -0.1) is 0 Å². The first-order valence-corrected chi connectivity index (χ1v) is 8.64. The molecule has 0 fully saturated rings. The van der Waals surface area contributed by atoms with Gasteiger partial charge >= 0.3 is 5.97 Å². The molecule has 122 valence electrons. The summed E-state index contributed by atoms with van der Waals surface area (Å²) in [5.41, 5.74) is 0.278. The fraction of sp³-hybridized carbons (Fsp3) is 0.385. The van der Waals surface area contributed by atoms with Gasteiger partial charge in [-0.2, -0.15) is 0 Å². The molecule has 0 aromatic heterocycles. The van der Waals surface area contributed by atoms with Crippen LogP contribution in [0.2, 0.25) is 0 Å². The number of carboxylic acids is 1. The number of carboxylic acid groups (broad SMARTS) is 1. The number of halogens is 1. The lowest BCUT2D eigenvalue weighted by Crippen LogP contribution is -2.41. The van der Waals surface area contributed by atoms with Gasteiger partial charge in [0.05, 0.1) is 4.90 Å². The van der Waals surface area contributed by atoms with Crippen LogP contribution in [0.5, 0.6) is 0 Å². The van der Waals surface area contributed by atoms with E-state index in [1.807, 2.05) is 0 Å². The molecule has 0 aliphatic rings. The largest absolute Gasteiger partial charge is 0.480 e. The normalized spacial score (nSPS) is 11.5. The summed E-state index contributed by atoms with van der Waals surface area (Å²) in [5, 5.41) is 14.1. The summed E-state index contributed by atoms with van der Waals surface area (Å²) >= 11 is 3.14. The number of primary sulfonamides is 1. The number of hydrogen-bond acceptors (Lipinski definition) is 4. The van der Waals surface area contributed by atoms with Crippen molar-refractivity contribution in [3.05, 3.63) is 27.7 Å². The highest BCUT2D eigenvalue weighted by molar-refractivity contribution is 9.10. The van der Waals surface area contributed by atoms with Crippen molar-refractivity contribution in [3.8, 4) is 0 Å². The van der Waals surface area contributed by atoms with Crippen LogP contribution in [0, 0.1) is 6.92 Å². The number of sulfonamides is 1. The van der Waals surface area contributed by atoms with E-state index in [4.69, 9.17) is 10.2 Å². The van der Waals surface area contributed by atoms with Gasteiger partial charge in [-0.3, -0.25) is 9.59 Å². The second-order valence-corrected chi connectivity index (χ2v) is 7.49. The fourth-order valence-electron chi connectivity index (χ4n) is 1.96. The number of nitrogens with zero attached hydrogens (tertiary/aromatic N) is 1. The van der Waals surface area contributed by atoms with E-state index in [0.29, 0.717) is 4.47 Å². The number of rotatable bonds is 5. The number of aliphatic carboxylic acids is 1. The maximum absolute atomic E-state index is 12.6. The molecule has 0 unspecified atom stereocenters. The third-order valence-corrected chi connectivity index (χ3v) is 4.55. The predicted molar refractivity (Wildman–Crippen MR) is 84.1 cm³/mol. The Morgan fingerprint density at radius 2 is 1.91 bits per heavy atom. The predicted octanol–water partition coefficient (Wildman–Crippen LogP) is 1.34. The van der Waals surface area contributed by atoms with Crippen LogP contribution in [0.4, 0.5) is 0 Å². The molecular weight excluding hydrogens is 376 g/mol. The van der Waals surface area contributed by atoms with Gasteiger partial charge in [0.15, 0.2) is 0 Å². The Labute approximate surface area is 137 Å². The standard InChI is InChI=1S/C13H17BrN2O5S/c1-7(2)16(6-12(17)18)13(19)10-4-9(14)5-11(8(10)3)22(15,20)21/h4-5,7H,6H2,1-3H3,(H,17,18)(H2,15,20,21). The molecule has 3 N–H and O–H groups in total. The molecule has 0 aliphatic heterocycles. The van der Waals surface area contributed by atoms with Gasteiger partial charge < -0.3 is 10.0 Å². The minimum Gasteiger partial charge on any atom is -0.480 e. The van der Waals surface area contributed by atoms with Crippen LogP contribution < -0.4 is 5.14 Å². The third kappa shape index (κ3) is 4.28. The third-order valence-electron chi connectivity index (χ3n) is 3.05. The van der Waals surface area contributed by atoms with Crippen LogP contribution >= 0.6 is 15.9 Å². The molecular formula is C13H17BrN2O5S. The molecule has 0 heterocycles. The summed E-state index contributed by atoms with van der Waals surface area (Å²) in [6.45, 7) is 4.33. The first-order chi connectivity index (χ1) is 9.95. The fourth-order valence-corrected chi connectivity index (χ4v) is 3.40. The van der Waals surface area contributed by atoms with Crippen molar-refractivity contribution in [1.82, 2.24) is 4.90 Å². The molecule has 1 amide bonds. The maximum atomic E-state index is 12.6. The molecule has 0 spiro atoms. The van der Waals surface area contributed by atoms with Crippen molar-refractivity contribution < 1.29 is 23.1 Å². The monoisotopic (exact) mass is 392 g/mol. The topological polar surface area (TPSA) is 118 Å². The van der Waals surface area contributed by atoms with Crippen molar-refractivity contribution in [1.29, 1.82) is 0 Å². The zero-order chi connectivity index (χ0) is 17.2. The van der Waals surface area contributed by atoms with E-state index in [-0.39, 0.29) is 22.1 Å². The quantitative estimate of drug-likeness (QED) is 0.783. The highest BCUT2D eigenvalue weighted by Crippen LogP contribution is 2.25. The zero-order valence-corrected chi connectivity index (χ0v) is 14.7. The first kappa shape index (κ1) is 18.6. The second kappa shape index (κ2) is 6.76. The Morgan fingerprint density at radius 1 is 1.36 bits per heavy atom. The summed E-state index contributed by atoms with van der Waals surface area (Å²) in [6.07, 6.45) is 0. The number of carbonyl (C=O) groups excluding carboxylic acids is 1. The van der Waals surface area contributed by atoms with Crippen molar-refractivity contribution in [2.24, 2.45) is 5.14 Å². The molecule has 22 heavy (non-hydrogen) atoms. The Balaban J connectivity index is 3.45. The molecule has 1 aromatic rings. The van der Waals surface area contributed by atoms with Crippen molar-refractivity contribution in [2.75, 3.05) is 6.54 Å². The Morgan fingerprint density at radius 3 is 2.32 bits per heavy atom.